The van der Waals surface area contributed by atoms with Crippen molar-refractivity contribution >= 4 is 16.7 Å². The van der Waals surface area contributed by atoms with Gasteiger partial charge in [0.15, 0.2) is 5.78 Å². The van der Waals surface area contributed by atoms with E-state index in [1.54, 1.807) is 0 Å². The van der Waals surface area contributed by atoms with Crippen LogP contribution in [0.2, 0.25) is 0 Å². The summed E-state index contributed by atoms with van der Waals surface area (Å²) in [6.45, 7) is 3.76. The van der Waals surface area contributed by atoms with Crippen LogP contribution < -0.4 is 5.32 Å². The van der Waals surface area contributed by atoms with Crippen LogP contribution >= 0.6 is 0 Å². The summed E-state index contributed by atoms with van der Waals surface area (Å²) >= 11 is 0. The van der Waals surface area contributed by atoms with Crippen molar-refractivity contribution in [3.63, 3.8) is 0 Å². The number of hydrogen-bond donors (Lipinski definition) is 2. The molecule has 0 bridgehead atoms. The molecule has 3 aromatic rings. The molecule has 0 saturated carbocycles. The molecule has 4 heteroatoms. The van der Waals surface area contributed by atoms with Gasteiger partial charge in [0.25, 0.3) is 0 Å². The molecule has 136 valence electrons. The highest BCUT2D eigenvalue weighted by Gasteiger charge is 2.24. The standard InChI is InChI=1S/C22H27N3O/c1-4-16-11-8-12-18-19(15-24-20(16)18)22(26)21(23-13-14-25(2)3)17-9-6-5-7-10-17/h5-12,15,21,23-24H,4,13-14H2,1-3H3/t21-/m1/s1. The van der Waals surface area contributed by atoms with Crippen LogP contribution in [0.4, 0.5) is 0 Å². The molecule has 0 aliphatic carbocycles. The molecule has 0 aliphatic heterocycles. The second kappa shape index (κ2) is 8.30. The van der Waals surface area contributed by atoms with Crippen molar-refractivity contribution < 1.29 is 4.79 Å². The third-order valence-electron chi connectivity index (χ3n) is 4.75. The summed E-state index contributed by atoms with van der Waals surface area (Å²) in [5, 5.41) is 4.45. The van der Waals surface area contributed by atoms with E-state index in [9.17, 15) is 4.79 Å². The number of fused-ring (bicyclic) bond motifs is 1. The van der Waals surface area contributed by atoms with Crippen LogP contribution in [0.15, 0.2) is 54.7 Å². The first-order valence-corrected chi connectivity index (χ1v) is 9.18. The van der Waals surface area contributed by atoms with Crippen molar-refractivity contribution in [3.8, 4) is 0 Å². The number of Topliss-reactive ketones (excluding diaryl/α,β-unsaturated/α-hetero) is 1. The van der Waals surface area contributed by atoms with E-state index >= 15 is 0 Å². The molecule has 0 saturated heterocycles. The van der Waals surface area contributed by atoms with Crippen LogP contribution in [-0.4, -0.2) is 42.9 Å². The monoisotopic (exact) mass is 349 g/mol. The SMILES string of the molecule is CCc1cccc2c(C(=O)[C@H](NCCN(C)C)c3ccccc3)c[nH]c12. The van der Waals surface area contributed by atoms with Gasteiger partial charge in [-0.1, -0.05) is 55.5 Å². The normalized spacial score (nSPS) is 12.6. The molecule has 0 unspecified atom stereocenters. The molecule has 4 nitrogen and oxygen atoms in total. The molecular weight excluding hydrogens is 322 g/mol. The van der Waals surface area contributed by atoms with Crippen molar-refractivity contribution in [1.29, 1.82) is 0 Å². The van der Waals surface area contributed by atoms with Gasteiger partial charge in [-0.25, -0.2) is 0 Å². The fourth-order valence-corrected chi connectivity index (χ4v) is 3.31. The van der Waals surface area contributed by atoms with E-state index in [2.05, 4.69) is 28.2 Å². The molecule has 26 heavy (non-hydrogen) atoms. The van der Waals surface area contributed by atoms with E-state index in [0.29, 0.717) is 0 Å². The van der Waals surface area contributed by atoms with Crippen molar-refractivity contribution in [2.75, 3.05) is 27.2 Å². The van der Waals surface area contributed by atoms with Gasteiger partial charge in [-0.05, 0) is 31.6 Å². The quantitative estimate of drug-likeness (QED) is 0.608. The number of H-pyrrole nitrogens is 1. The van der Waals surface area contributed by atoms with E-state index in [4.69, 9.17) is 0 Å². The number of para-hydroxylation sites is 1. The smallest absolute Gasteiger partial charge is 0.186 e. The van der Waals surface area contributed by atoms with Crippen LogP contribution in [0.3, 0.4) is 0 Å². The number of nitrogens with one attached hydrogen (secondary N) is 2. The number of aryl methyl sites for hydroxylation is 1. The zero-order valence-corrected chi connectivity index (χ0v) is 15.8. The van der Waals surface area contributed by atoms with E-state index in [1.165, 1.54) is 5.56 Å². The van der Waals surface area contributed by atoms with E-state index in [0.717, 1.165) is 41.5 Å². The number of likely N-dealkylation sites (N-methyl/N-ethyl adjacent to an activating group) is 1. The maximum absolute atomic E-state index is 13.4. The molecule has 2 N–H and O–H groups in total. The summed E-state index contributed by atoms with van der Waals surface area (Å²) in [5.74, 6) is 0.106. The summed E-state index contributed by atoms with van der Waals surface area (Å²) in [6.07, 6.45) is 2.80. The van der Waals surface area contributed by atoms with Gasteiger partial charge in [0, 0.05) is 35.8 Å². The number of carbonyl (C=O) groups is 1. The third-order valence-corrected chi connectivity index (χ3v) is 4.75. The Bertz CT molecular complexity index is 867. The van der Waals surface area contributed by atoms with Crippen LogP contribution in [0.1, 0.15) is 34.5 Å². The molecule has 1 aromatic heterocycles. The fraction of sp³-hybridized carbons (Fsp3) is 0.318. The molecule has 0 fully saturated rings. The van der Waals surface area contributed by atoms with Crippen molar-refractivity contribution in [1.82, 2.24) is 15.2 Å². The number of ketones is 1. The first-order chi connectivity index (χ1) is 12.6. The number of aromatic amines is 1. The Balaban J connectivity index is 1.95. The van der Waals surface area contributed by atoms with Crippen molar-refractivity contribution in [2.45, 2.75) is 19.4 Å². The first-order valence-electron chi connectivity index (χ1n) is 9.18. The van der Waals surface area contributed by atoms with Gasteiger partial charge < -0.3 is 15.2 Å². The lowest BCUT2D eigenvalue weighted by Gasteiger charge is -2.19. The van der Waals surface area contributed by atoms with Gasteiger partial charge in [-0.15, -0.1) is 0 Å². The van der Waals surface area contributed by atoms with Gasteiger partial charge in [0.05, 0.1) is 6.04 Å². The average Bonchev–Trinajstić information content (AvgIpc) is 3.09. The summed E-state index contributed by atoms with van der Waals surface area (Å²) in [7, 11) is 4.07. The molecule has 1 heterocycles. The fourth-order valence-electron chi connectivity index (χ4n) is 3.31. The lowest BCUT2D eigenvalue weighted by molar-refractivity contribution is 0.0943. The van der Waals surface area contributed by atoms with Gasteiger partial charge in [0.2, 0.25) is 0 Å². The number of nitrogens with zero attached hydrogens (tertiary/aromatic N) is 1. The molecule has 2 aromatic carbocycles. The summed E-state index contributed by atoms with van der Waals surface area (Å²) < 4.78 is 0. The van der Waals surface area contributed by atoms with E-state index < -0.39 is 0 Å². The first kappa shape index (κ1) is 18.4. The Kier molecular flexibility index (Phi) is 5.86. The van der Waals surface area contributed by atoms with Crippen LogP contribution in [0, 0.1) is 0 Å². The predicted molar refractivity (Wildman–Crippen MR) is 108 cm³/mol. The van der Waals surface area contributed by atoms with Gasteiger partial charge >= 0.3 is 0 Å². The summed E-state index contributed by atoms with van der Waals surface area (Å²) in [5.41, 5.74) is 4.05. The van der Waals surface area contributed by atoms with Crippen molar-refractivity contribution in [2.24, 2.45) is 0 Å². The maximum Gasteiger partial charge on any atom is 0.186 e. The number of rotatable bonds is 8. The molecule has 1 atom stereocenters. The number of hydrogen-bond acceptors (Lipinski definition) is 3. The summed E-state index contributed by atoms with van der Waals surface area (Å²) in [6, 6.07) is 15.8. The number of benzene rings is 2. The molecule has 3 rings (SSSR count). The molecule has 0 aliphatic rings. The predicted octanol–water partition coefficient (Wildman–Crippen LogP) is 3.81. The highest BCUT2D eigenvalue weighted by molar-refractivity contribution is 6.11. The van der Waals surface area contributed by atoms with E-state index in [-0.39, 0.29) is 11.8 Å². The highest BCUT2D eigenvalue weighted by Crippen LogP contribution is 2.26. The summed E-state index contributed by atoms with van der Waals surface area (Å²) in [4.78, 5) is 18.8. The molecule has 0 radical (unpaired) electrons. The molecule has 0 spiro atoms. The average molecular weight is 349 g/mol. The number of carbonyl (C=O) groups excluding carboxylic acids is 1. The van der Waals surface area contributed by atoms with Crippen LogP contribution in [-0.2, 0) is 6.42 Å². The largest absolute Gasteiger partial charge is 0.360 e. The van der Waals surface area contributed by atoms with Gasteiger partial charge in [-0.3, -0.25) is 4.79 Å². The van der Waals surface area contributed by atoms with Crippen LogP contribution in [0.25, 0.3) is 10.9 Å². The molecular formula is C22H27N3O. The van der Waals surface area contributed by atoms with Crippen LogP contribution in [0.5, 0.6) is 0 Å². The topological polar surface area (TPSA) is 48.1 Å². The Morgan fingerprint density at radius 3 is 2.58 bits per heavy atom. The second-order valence-corrected chi connectivity index (χ2v) is 6.86. The Morgan fingerprint density at radius 1 is 1.12 bits per heavy atom. The third kappa shape index (κ3) is 3.87. The minimum atomic E-state index is -0.347. The minimum absolute atomic E-state index is 0.106. The van der Waals surface area contributed by atoms with Gasteiger partial charge in [0.1, 0.15) is 0 Å². The second-order valence-electron chi connectivity index (χ2n) is 6.86. The Morgan fingerprint density at radius 2 is 1.88 bits per heavy atom. The zero-order valence-electron chi connectivity index (χ0n) is 15.8. The zero-order chi connectivity index (χ0) is 18.5. The minimum Gasteiger partial charge on any atom is -0.360 e. The number of aromatic nitrogens is 1. The maximum atomic E-state index is 13.4. The lowest BCUT2D eigenvalue weighted by atomic mass is 9.96. The van der Waals surface area contributed by atoms with E-state index in [1.807, 2.05) is 62.8 Å². The Labute approximate surface area is 155 Å². The highest BCUT2D eigenvalue weighted by atomic mass is 16.1. The van der Waals surface area contributed by atoms with Crippen molar-refractivity contribution in [3.05, 3.63) is 71.4 Å². The van der Waals surface area contributed by atoms with Gasteiger partial charge in [-0.2, -0.15) is 0 Å². The Hall–Kier alpha value is -2.43. The lowest BCUT2D eigenvalue weighted by Crippen LogP contribution is -2.34. The molecule has 0 amide bonds.